The Kier molecular flexibility index (Phi) is 7.08. The third kappa shape index (κ3) is 4.98. The van der Waals surface area contributed by atoms with Crippen molar-refractivity contribution in [3.8, 4) is 28.6 Å². The van der Waals surface area contributed by atoms with Crippen LogP contribution in [0.15, 0.2) is 42.5 Å². The van der Waals surface area contributed by atoms with Gasteiger partial charge in [0.2, 0.25) is 5.91 Å². The summed E-state index contributed by atoms with van der Waals surface area (Å²) in [5.41, 5.74) is 1.75. The van der Waals surface area contributed by atoms with Gasteiger partial charge in [-0.2, -0.15) is 5.10 Å². The van der Waals surface area contributed by atoms with Crippen molar-refractivity contribution < 1.29 is 19.0 Å². The number of nitrogens with one attached hydrogen (secondary N) is 2. The third-order valence-electron chi connectivity index (χ3n) is 4.64. The number of aromatic nitrogens is 3. The first kappa shape index (κ1) is 21.4. The van der Waals surface area contributed by atoms with Gasteiger partial charge in [-0.25, -0.2) is 0 Å². The van der Waals surface area contributed by atoms with Crippen molar-refractivity contribution in [2.24, 2.45) is 0 Å². The lowest BCUT2D eigenvalue weighted by Gasteiger charge is -2.12. The summed E-state index contributed by atoms with van der Waals surface area (Å²) in [7, 11) is 4.80. The fraction of sp³-hybridized carbons (Fsp3) is 0.286. The van der Waals surface area contributed by atoms with Gasteiger partial charge >= 0.3 is 0 Å². The molecule has 158 valence electrons. The Balaban J connectivity index is 1.63. The highest BCUT2D eigenvalue weighted by molar-refractivity contribution is 7.71. The van der Waals surface area contributed by atoms with Crippen LogP contribution < -0.4 is 19.5 Å². The van der Waals surface area contributed by atoms with E-state index in [9.17, 15) is 4.79 Å². The highest BCUT2D eigenvalue weighted by atomic mass is 32.1. The molecule has 9 heteroatoms. The monoisotopic (exact) mass is 428 g/mol. The Morgan fingerprint density at radius 1 is 1.07 bits per heavy atom. The van der Waals surface area contributed by atoms with Crippen LogP contribution in [0.3, 0.4) is 0 Å². The van der Waals surface area contributed by atoms with Gasteiger partial charge in [0.05, 0.1) is 21.3 Å². The molecule has 0 atom stereocenters. The second-order valence-electron chi connectivity index (χ2n) is 6.44. The lowest BCUT2D eigenvalue weighted by atomic mass is 10.2. The number of carbonyl (C=O) groups excluding carboxylic acids is 1. The summed E-state index contributed by atoms with van der Waals surface area (Å²) in [6, 6.07) is 13.0. The van der Waals surface area contributed by atoms with Crippen LogP contribution >= 0.6 is 12.2 Å². The highest BCUT2D eigenvalue weighted by Gasteiger charge is 2.12. The Morgan fingerprint density at radius 2 is 1.77 bits per heavy atom. The first-order valence-corrected chi connectivity index (χ1v) is 9.73. The van der Waals surface area contributed by atoms with E-state index < -0.39 is 0 Å². The molecule has 2 N–H and O–H groups in total. The van der Waals surface area contributed by atoms with Gasteiger partial charge < -0.3 is 19.5 Å². The first-order chi connectivity index (χ1) is 14.5. The number of benzene rings is 2. The summed E-state index contributed by atoms with van der Waals surface area (Å²) in [5, 5.41) is 10.0. The number of hydrogen-bond acceptors (Lipinski definition) is 6. The molecule has 1 heterocycles. The van der Waals surface area contributed by atoms with E-state index in [1.807, 2.05) is 41.0 Å². The van der Waals surface area contributed by atoms with E-state index in [2.05, 4.69) is 15.5 Å². The predicted octanol–water partition coefficient (Wildman–Crippen LogP) is 3.34. The number of H-pyrrole nitrogens is 1. The zero-order valence-electron chi connectivity index (χ0n) is 17.1. The minimum absolute atomic E-state index is 0.100. The molecule has 3 rings (SSSR count). The van der Waals surface area contributed by atoms with E-state index in [0.29, 0.717) is 35.2 Å². The van der Waals surface area contributed by atoms with Crippen LogP contribution in [-0.2, 0) is 17.9 Å². The number of nitrogens with zero attached hydrogens (tertiary/aromatic N) is 2. The number of hydrogen-bond donors (Lipinski definition) is 2. The van der Waals surface area contributed by atoms with Gasteiger partial charge in [-0.3, -0.25) is 14.5 Å². The average molecular weight is 429 g/mol. The molecule has 0 aliphatic rings. The van der Waals surface area contributed by atoms with Crippen molar-refractivity contribution >= 4 is 18.1 Å². The van der Waals surface area contributed by atoms with Crippen molar-refractivity contribution in [3.05, 3.63) is 52.8 Å². The smallest absolute Gasteiger partial charge is 0.222 e. The second-order valence-corrected chi connectivity index (χ2v) is 6.82. The molecule has 0 spiro atoms. The molecule has 0 aliphatic carbocycles. The van der Waals surface area contributed by atoms with E-state index in [0.717, 1.165) is 16.9 Å². The lowest BCUT2D eigenvalue weighted by Crippen LogP contribution is -2.24. The quantitative estimate of drug-likeness (QED) is 0.508. The van der Waals surface area contributed by atoms with Crippen molar-refractivity contribution in [1.82, 2.24) is 20.1 Å². The normalized spacial score (nSPS) is 10.5. The van der Waals surface area contributed by atoms with Crippen LogP contribution in [0.25, 0.3) is 11.4 Å². The second kappa shape index (κ2) is 9.93. The fourth-order valence-electron chi connectivity index (χ4n) is 2.98. The van der Waals surface area contributed by atoms with E-state index >= 15 is 0 Å². The number of ether oxygens (including phenoxy) is 3. The van der Waals surface area contributed by atoms with E-state index in [-0.39, 0.29) is 12.3 Å². The molecule has 1 amide bonds. The zero-order chi connectivity index (χ0) is 21.5. The van der Waals surface area contributed by atoms with Gasteiger partial charge in [0.1, 0.15) is 17.2 Å². The Morgan fingerprint density at radius 3 is 2.43 bits per heavy atom. The van der Waals surface area contributed by atoms with Crippen LogP contribution in [-0.4, -0.2) is 42.0 Å². The van der Waals surface area contributed by atoms with Crippen LogP contribution in [0.1, 0.15) is 12.0 Å². The molecule has 3 aromatic rings. The number of methoxy groups -OCH3 is 3. The zero-order valence-corrected chi connectivity index (χ0v) is 17.9. The van der Waals surface area contributed by atoms with Crippen LogP contribution in [0.5, 0.6) is 17.2 Å². The van der Waals surface area contributed by atoms with Crippen LogP contribution in [0, 0.1) is 4.77 Å². The maximum atomic E-state index is 12.4. The molecular weight excluding hydrogens is 404 g/mol. The number of amides is 1. The molecule has 0 unspecified atom stereocenters. The summed E-state index contributed by atoms with van der Waals surface area (Å²) in [5.74, 6) is 2.69. The molecule has 8 nitrogen and oxygen atoms in total. The molecule has 0 bridgehead atoms. The SMILES string of the molecule is COc1ccc(-c2n[nH]c(=S)n2CCC(=O)NCc2ccc(OC)cc2OC)cc1. The molecule has 0 fully saturated rings. The van der Waals surface area contributed by atoms with E-state index in [4.69, 9.17) is 26.4 Å². The van der Waals surface area contributed by atoms with E-state index in [1.54, 1.807) is 27.4 Å². The Hall–Kier alpha value is -3.33. The molecule has 30 heavy (non-hydrogen) atoms. The van der Waals surface area contributed by atoms with Crippen molar-refractivity contribution in [1.29, 1.82) is 0 Å². The van der Waals surface area contributed by atoms with Gasteiger partial charge in [-0.15, -0.1) is 0 Å². The summed E-state index contributed by atoms with van der Waals surface area (Å²) >= 11 is 5.33. The van der Waals surface area contributed by atoms with Gasteiger partial charge in [0.25, 0.3) is 0 Å². The third-order valence-corrected chi connectivity index (χ3v) is 4.95. The number of carbonyl (C=O) groups is 1. The summed E-state index contributed by atoms with van der Waals surface area (Å²) in [6.07, 6.45) is 0.259. The van der Waals surface area contributed by atoms with Crippen molar-refractivity contribution in [3.63, 3.8) is 0 Å². The average Bonchev–Trinajstić information content (AvgIpc) is 3.16. The first-order valence-electron chi connectivity index (χ1n) is 9.33. The molecule has 0 aliphatic heterocycles. The summed E-state index contributed by atoms with van der Waals surface area (Å²) < 4.78 is 18.0. The Bertz CT molecular complexity index is 1060. The lowest BCUT2D eigenvalue weighted by molar-refractivity contribution is -0.121. The van der Waals surface area contributed by atoms with Gasteiger partial charge in [-0.1, -0.05) is 0 Å². The minimum Gasteiger partial charge on any atom is -0.497 e. The Labute approximate surface area is 179 Å². The molecule has 2 aromatic carbocycles. The summed E-state index contributed by atoms with van der Waals surface area (Å²) in [4.78, 5) is 12.4. The molecular formula is C21H24N4O4S. The highest BCUT2D eigenvalue weighted by Crippen LogP contribution is 2.24. The predicted molar refractivity (Wildman–Crippen MR) is 115 cm³/mol. The van der Waals surface area contributed by atoms with Gasteiger partial charge in [-0.05, 0) is 48.6 Å². The van der Waals surface area contributed by atoms with Crippen LogP contribution in [0.2, 0.25) is 0 Å². The fourth-order valence-corrected chi connectivity index (χ4v) is 3.20. The molecule has 0 saturated carbocycles. The molecule has 0 radical (unpaired) electrons. The van der Waals surface area contributed by atoms with Gasteiger partial charge in [0, 0.05) is 36.7 Å². The minimum atomic E-state index is -0.100. The van der Waals surface area contributed by atoms with Crippen molar-refractivity contribution in [2.45, 2.75) is 19.5 Å². The maximum absolute atomic E-state index is 12.4. The number of rotatable bonds is 9. The van der Waals surface area contributed by atoms with Gasteiger partial charge in [0.15, 0.2) is 10.6 Å². The molecule has 1 aromatic heterocycles. The van der Waals surface area contributed by atoms with Crippen molar-refractivity contribution in [2.75, 3.05) is 21.3 Å². The summed E-state index contributed by atoms with van der Waals surface area (Å²) in [6.45, 7) is 0.760. The van der Waals surface area contributed by atoms with Crippen LogP contribution in [0.4, 0.5) is 0 Å². The topological polar surface area (TPSA) is 90.4 Å². The molecule has 0 saturated heterocycles. The maximum Gasteiger partial charge on any atom is 0.222 e. The van der Waals surface area contributed by atoms with E-state index in [1.165, 1.54) is 0 Å². The largest absolute Gasteiger partial charge is 0.497 e. The number of aromatic amines is 1. The standard InChI is InChI=1S/C21H24N4O4S/c1-27-16-7-4-14(5-8-16)20-23-24-21(30)25(20)11-10-19(26)22-13-15-6-9-17(28-2)12-18(15)29-3/h4-9,12H,10-11,13H2,1-3H3,(H,22,26)(H,24,30).